The highest BCUT2D eigenvalue weighted by Crippen LogP contribution is 2.04. The number of rotatable bonds is 5. The SMILES string of the molecule is CC(CN)CC(=O)N(C)CC(F)F. The molecule has 0 aliphatic rings. The fraction of sp³-hybridized carbons (Fsp3) is 0.875. The molecule has 1 amide bonds. The number of carbonyl (C=O) groups excluding carboxylic acids is 1. The minimum atomic E-state index is -2.47. The van der Waals surface area contributed by atoms with Crippen molar-refractivity contribution in [1.82, 2.24) is 4.90 Å². The van der Waals surface area contributed by atoms with Crippen LogP contribution < -0.4 is 5.73 Å². The molecule has 0 aromatic carbocycles. The van der Waals surface area contributed by atoms with Gasteiger partial charge >= 0.3 is 0 Å². The number of nitrogens with two attached hydrogens (primary N) is 1. The van der Waals surface area contributed by atoms with E-state index in [1.54, 1.807) is 0 Å². The van der Waals surface area contributed by atoms with Crippen LogP contribution in [0, 0.1) is 5.92 Å². The summed E-state index contributed by atoms with van der Waals surface area (Å²) in [5.41, 5.74) is 5.30. The van der Waals surface area contributed by atoms with Crippen molar-refractivity contribution in [3.63, 3.8) is 0 Å². The van der Waals surface area contributed by atoms with Crippen molar-refractivity contribution in [1.29, 1.82) is 0 Å². The third-order valence-corrected chi connectivity index (χ3v) is 1.76. The molecular weight excluding hydrogens is 178 g/mol. The maximum atomic E-state index is 11.8. The van der Waals surface area contributed by atoms with Gasteiger partial charge in [-0.2, -0.15) is 0 Å². The Morgan fingerprint density at radius 3 is 2.46 bits per heavy atom. The molecule has 0 fully saturated rings. The molecule has 0 aliphatic carbocycles. The van der Waals surface area contributed by atoms with Crippen molar-refractivity contribution >= 4 is 5.91 Å². The maximum absolute atomic E-state index is 11.8. The zero-order valence-corrected chi connectivity index (χ0v) is 7.96. The van der Waals surface area contributed by atoms with Crippen LogP contribution in [0.5, 0.6) is 0 Å². The van der Waals surface area contributed by atoms with Crippen LogP contribution in [0.25, 0.3) is 0 Å². The van der Waals surface area contributed by atoms with Gasteiger partial charge in [0.1, 0.15) is 0 Å². The van der Waals surface area contributed by atoms with Crippen LogP contribution in [0.1, 0.15) is 13.3 Å². The first-order valence-corrected chi connectivity index (χ1v) is 4.19. The Morgan fingerprint density at radius 2 is 2.08 bits per heavy atom. The highest BCUT2D eigenvalue weighted by atomic mass is 19.3. The van der Waals surface area contributed by atoms with Crippen molar-refractivity contribution in [2.45, 2.75) is 19.8 Å². The molecule has 0 spiro atoms. The normalized spacial score (nSPS) is 13.1. The first kappa shape index (κ1) is 12.3. The predicted molar refractivity (Wildman–Crippen MR) is 46.5 cm³/mol. The second kappa shape index (κ2) is 5.85. The number of carbonyl (C=O) groups is 1. The van der Waals surface area contributed by atoms with E-state index < -0.39 is 13.0 Å². The van der Waals surface area contributed by atoms with Gasteiger partial charge in [-0.05, 0) is 12.5 Å². The van der Waals surface area contributed by atoms with E-state index in [0.29, 0.717) is 6.54 Å². The molecule has 0 rings (SSSR count). The van der Waals surface area contributed by atoms with Crippen LogP contribution in [-0.4, -0.2) is 37.4 Å². The largest absolute Gasteiger partial charge is 0.340 e. The van der Waals surface area contributed by atoms with Crippen molar-refractivity contribution < 1.29 is 13.6 Å². The highest BCUT2D eigenvalue weighted by molar-refractivity contribution is 5.76. The van der Waals surface area contributed by atoms with E-state index in [2.05, 4.69) is 0 Å². The summed E-state index contributed by atoms with van der Waals surface area (Å²) in [7, 11) is 1.37. The third kappa shape index (κ3) is 5.52. The van der Waals surface area contributed by atoms with E-state index in [1.807, 2.05) is 6.92 Å². The number of hydrogen-bond acceptors (Lipinski definition) is 2. The lowest BCUT2D eigenvalue weighted by molar-refractivity contribution is -0.132. The fourth-order valence-electron chi connectivity index (χ4n) is 0.846. The smallest absolute Gasteiger partial charge is 0.255 e. The molecule has 13 heavy (non-hydrogen) atoms. The van der Waals surface area contributed by atoms with Gasteiger partial charge < -0.3 is 10.6 Å². The zero-order valence-electron chi connectivity index (χ0n) is 7.96. The summed E-state index contributed by atoms with van der Waals surface area (Å²) in [5, 5.41) is 0. The van der Waals surface area contributed by atoms with Crippen molar-refractivity contribution in [2.24, 2.45) is 11.7 Å². The molecule has 0 bridgehead atoms. The third-order valence-electron chi connectivity index (χ3n) is 1.76. The lowest BCUT2D eigenvalue weighted by Gasteiger charge is -2.18. The Labute approximate surface area is 76.9 Å². The molecule has 0 saturated heterocycles. The van der Waals surface area contributed by atoms with E-state index in [9.17, 15) is 13.6 Å². The molecule has 0 heterocycles. The van der Waals surface area contributed by atoms with Crippen LogP contribution >= 0.6 is 0 Å². The van der Waals surface area contributed by atoms with Gasteiger partial charge in [-0.15, -0.1) is 0 Å². The Hall–Kier alpha value is -0.710. The highest BCUT2D eigenvalue weighted by Gasteiger charge is 2.15. The summed E-state index contributed by atoms with van der Waals surface area (Å²) in [6, 6.07) is 0. The van der Waals surface area contributed by atoms with Crippen molar-refractivity contribution in [2.75, 3.05) is 20.1 Å². The predicted octanol–water partition coefficient (Wildman–Crippen LogP) is 0.695. The first-order valence-electron chi connectivity index (χ1n) is 4.19. The number of alkyl halides is 2. The van der Waals surface area contributed by atoms with Crippen LogP contribution in [0.3, 0.4) is 0 Å². The molecule has 0 aromatic heterocycles. The lowest BCUT2D eigenvalue weighted by atomic mass is 10.1. The lowest BCUT2D eigenvalue weighted by Crippen LogP contribution is -2.33. The average molecular weight is 194 g/mol. The standard InChI is InChI=1S/C8H16F2N2O/c1-6(4-11)3-8(13)12(2)5-7(9)10/h6-7H,3-5,11H2,1-2H3. The summed E-state index contributed by atoms with van der Waals surface area (Å²) in [4.78, 5) is 12.2. The molecular formula is C8H16F2N2O. The van der Waals surface area contributed by atoms with E-state index >= 15 is 0 Å². The van der Waals surface area contributed by atoms with Crippen LogP contribution in [0.4, 0.5) is 8.78 Å². The van der Waals surface area contributed by atoms with Gasteiger partial charge in [0.25, 0.3) is 6.43 Å². The maximum Gasteiger partial charge on any atom is 0.255 e. The van der Waals surface area contributed by atoms with Crippen molar-refractivity contribution in [3.8, 4) is 0 Å². The molecule has 1 atom stereocenters. The van der Waals surface area contributed by atoms with Gasteiger partial charge in [0, 0.05) is 13.5 Å². The monoisotopic (exact) mass is 194 g/mol. The zero-order chi connectivity index (χ0) is 10.4. The summed E-state index contributed by atoms with van der Waals surface area (Å²) >= 11 is 0. The van der Waals surface area contributed by atoms with Gasteiger partial charge in [-0.1, -0.05) is 6.92 Å². The van der Waals surface area contributed by atoms with Crippen LogP contribution in [0.2, 0.25) is 0 Å². The summed E-state index contributed by atoms with van der Waals surface area (Å²) in [5.74, 6) is -0.231. The molecule has 2 N–H and O–H groups in total. The second-order valence-corrected chi connectivity index (χ2v) is 3.21. The minimum absolute atomic E-state index is 0.0487. The molecule has 0 radical (unpaired) electrons. The van der Waals surface area contributed by atoms with Crippen molar-refractivity contribution in [3.05, 3.63) is 0 Å². The summed E-state index contributed by atoms with van der Waals surface area (Å²) in [6.45, 7) is 1.71. The molecule has 0 aliphatic heterocycles. The average Bonchev–Trinajstić information content (AvgIpc) is 2.02. The molecule has 3 nitrogen and oxygen atoms in total. The number of amides is 1. The first-order chi connectivity index (χ1) is 5.97. The van der Waals surface area contributed by atoms with E-state index in [1.165, 1.54) is 7.05 Å². The Bertz CT molecular complexity index is 164. The molecule has 0 aromatic rings. The topological polar surface area (TPSA) is 46.3 Å². The summed E-state index contributed by atoms with van der Waals surface area (Å²) < 4.78 is 23.7. The Kier molecular flexibility index (Phi) is 5.53. The van der Waals surface area contributed by atoms with Gasteiger partial charge in [0.05, 0.1) is 6.54 Å². The van der Waals surface area contributed by atoms with E-state index in [-0.39, 0.29) is 18.2 Å². The van der Waals surface area contributed by atoms with Gasteiger partial charge in [0.2, 0.25) is 5.91 Å². The summed E-state index contributed by atoms with van der Waals surface area (Å²) in [6.07, 6.45) is -2.23. The number of hydrogen-bond donors (Lipinski definition) is 1. The van der Waals surface area contributed by atoms with Gasteiger partial charge in [-0.3, -0.25) is 4.79 Å². The fourth-order valence-corrected chi connectivity index (χ4v) is 0.846. The van der Waals surface area contributed by atoms with E-state index in [0.717, 1.165) is 4.90 Å². The molecule has 1 unspecified atom stereocenters. The van der Waals surface area contributed by atoms with Crippen LogP contribution in [0.15, 0.2) is 0 Å². The molecule has 0 saturated carbocycles. The van der Waals surface area contributed by atoms with Gasteiger partial charge in [-0.25, -0.2) is 8.78 Å². The number of nitrogens with zero attached hydrogens (tertiary/aromatic N) is 1. The van der Waals surface area contributed by atoms with Gasteiger partial charge in [0.15, 0.2) is 0 Å². The minimum Gasteiger partial charge on any atom is -0.340 e. The second-order valence-electron chi connectivity index (χ2n) is 3.21. The number of halogens is 2. The Balaban J connectivity index is 3.82. The van der Waals surface area contributed by atoms with E-state index in [4.69, 9.17) is 5.73 Å². The van der Waals surface area contributed by atoms with Crippen LogP contribution in [-0.2, 0) is 4.79 Å². The molecule has 5 heteroatoms. The quantitative estimate of drug-likeness (QED) is 0.700. The molecule has 78 valence electrons. The Morgan fingerprint density at radius 1 is 1.54 bits per heavy atom.